The quantitative estimate of drug-likeness (QED) is 0.800. The van der Waals surface area contributed by atoms with Gasteiger partial charge in [0.05, 0.1) is 0 Å². The lowest BCUT2D eigenvalue weighted by molar-refractivity contribution is -0.105. The molecule has 1 aliphatic carbocycles. The Morgan fingerprint density at radius 2 is 1.92 bits per heavy atom. The number of ether oxygens (including phenoxy) is 1. The molecule has 25 heavy (non-hydrogen) atoms. The highest BCUT2D eigenvalue weighted by Crippen LogP contribution is 2.34. The number of nitrogens with one attached hydrogen (secondary N) is 1. The lowest BCUT2D eigenvalue weighted by Gasteiger charge is -2.49. The van der Waals surface area contributed by atoms with E-state index in [0.29, 0.717) is 18.0 Å². The van der Waals surface area contributed by atoms with Crippen LogP contribution < -0.4 is 5.32 Å². The van der Waals surface area contributed by atoms with E-state index in [2.05, 4.69) is 65.8 Å². The van der Waals surface area contributed by atoms with Crippen molar-refractivity contribution in [1.82, 2.24) is 15.3 Å². The number of nitrogens with zero attached hydrogens (tertiary/aromatic N) is 2. The van der Waals surface area contributed by atoms with Gasteiger partial charge in [-0.15, -0.1) is 0 Å². The molecule has 1 N–H and O–H groups in total. The summed E-state index contributed by atoms with van der Waals surface area (Å²) in [7, 11) is 2.25. The number of likely N-dealkylation sites (N-methyl/N-ethyl adjacent to an activating group) is 1. The SMILES string of the molecule is CC1C(NC2OC2C2=CC=CC=CC=C2)CN(C)N2CCCCCC12. The minimum absolute atomic E-state index is 0.158. The third-order valence-electron chi connectivity index (χ3n) is 6.13. The molecular weight excluding hydrogens is 310 g/mol. The molecule has 3 fully saturated rings. The summed E-state index contributed by atoms with van der Waals surface area (Å²) in [4.78, 5) is 0. The van der Waals surface area contributed by atoms with Gasteiger partial charge in [-0.1, -0.05) is 62.3 Å². The Kier molecular flexibility index (Phi) is 5.23. The Balaban J connectivity index is 1.38. The highest BCUT2D eigenvalue weighted by Gasteiger charge is 2.46. The second kappa shape index (κ2) is 7.58. The molecule has 5 atom stereocenters. The van der Waals surface area contributed by atoms with E-state index in [1.54, 1.807) is 0 Å². The zero-order valence-electron chi connectivity index (χ0n) is 15.5. The summed E-state index contributed by atoms with van der Waals surface area (Å²) < 4.78 is 5.98. The summed E-state index contributed by atoms with van der Waals surface area (Å²) in [5, 5.41) is 8.88. The standard InChI is InChI=1S/C21H31N3O/c1-16-18(15-23(2)24-14-10-6-9-13-19(16)24)22-21-20(25-21)17-11-7-4-3-5-8-12-17/h3-5,7-8,11-12,16,18-22H,6,9-10,13-15H2,1-2H3. The molecule has 136 valence electrons. The monoisotopic (exact) mass is 341 g/mol. The number of allylic oxidation sites excluding steroid dienone is 6. The third-order valence-corrected chi connectivity index (χ3v) is 6.13. The minimum atomic E-state index is 0.158. The van der Waals surface area contributed by atoms with Crippen LogP contribution in [0.25, 0.3) is 0 Å². The maximum Gasteiger partial charge on any atom is 0.140 e. The van der Waals surface area contributed by atoms with Gasteiger partial charge < -0.3 is 4.74 Å². The van der Waals surface area contributed by atoms with E-state index in [1.807, 2.05) is 6.08 Å². The van der Waals surface area contributed by atoms with Crippen molar-refractivity contribution in [3.63, 3.8) is 0 Å². The van der Waals surface area contributed by atoms with E-state index >= 15 is 0 Å². The predicted molar refractivity (Wildman–Crippen MR) is 102 cm³/mol. The minimum Gasteiger partial charge on any atom is -0.348 e. The molecule has 0 spiro atoms. The van der Waals surface area contributed by atoms with Crippen molar-refractivity contribution in [1.29, 1.82) is 0 Å². The second-order valence-corrected chi connectivity index (χ2v) is 7.83. The molecule has 0 aromatic heterocycles. The Bertz CT molecular complexity index is 594. The Morgan fingerprint density at radius 3 is 2.84 bits per heavy atom. The summed E-state index contributed by atoms with van der Waals surface area (Å²) >= 11 is 0. The van der Waals surface area contributed by atoms with Gasteiger partial charge in [0.15, 0.2) is 0 Å². The van der Waals surface area contributed by atoms with Crippen LogP contribution in [0.2, 0.25) is 0 Å². The first-order valence-corrected chi connectivity index (χ1v) is 9.85. The van der Waals surface area contributed by atoms with Crippen LogP contribution in [0, 0.1) is 5.92 Å². The Hall–Kier alpha value is -1.20. The number of hydrazine groups is 1. The molecule has 0 aromatic carbocycles. The van der Waals surface area contributed by atoms with E-state index in [4.69, 9.17) is 4.74 Å². The first-order chi connectivity index (χ1) is 12.2. The highest BCUT2D eigenvalue weighted by atomic mass is 16.6. The molecule has 5 unspecified atom stereocenters. The predicted octanol–water partition coefficient (Wildman–Crippen LogP) is 3.02. The highest BCUT2D eigenvalue weighted by molar-refractivity contribution is 5.36. The molecule has 3 saturated heterocycles. The molecule has 4 rings (SSSR count). The normalized spacial score (nSPS) is 39.3. The van der Waals surface area contributed by atoms with Gasteiger partial charge in [-0.05, 0) is 24.3 Å². The van der Waals surface area contributed by atoms with Crippen LogP contribution in [0.5, 0.6) is 0 Å². The van der Waals surface area contributed by atoms with Gasteiger partial charge in [0, 0.05) is 32.2 Å². The Labute approximate surface area is 151 Å². The van der Waals surface area contributed by atoms with Gasteiger partial charge in [-0.25, -0.2) is 10.0 Å². The zero-order valence-corrected chi connectivity index (χ0v) is 15.5. The van der Waals surface area contributed by atoms with Crippen LogP contribution in [0.3, 0.4) is 0 Å². The summed E-state index contributed by atoms with van der Waals surface area (Å²) in [6.45, 7) is 4.72. The Morgan fingerprint density at radius 1 is 1.08 bits per heavy atom. The first-order valence-electron chi connectivity index (χ1n) is 9.85. The van der Waals surface area contributed by atoms with Gasteiger partial charge in [0.25, 0.3) is 0 Å². The van der Waals surface area contributed by atoms with E-state index in [1.165, 1.54) is 37.8 Å². The zero-order chi connectivity index (χ0) is 17.2. The molecular formula is C21H31N3O. The molecule has 3 aliphatic heterocycles. The molecule has 0 bridgehead atoms. The summed E-state index contributed by atoms with van der Waals surface area (Å²) in [6.07, 6.45) is 20.4. The fourth-order valence-electron chi connectivity index (χ4n) is 4.58. The average Bonchev–Trinajstić information content (AvgIpc) is 3.35. The van der Waals surface area contributed by atoms with E-state index in [-0.39, 0.29) is 12.3 Å². The fraction of sp³-hybridized carbons (Fsp3) is 0.619. The van der Waals surface area contributed by atoms with Crippen molar-refractivity contribution in [3.8, 4) is 0 Å². The molecule has 4 aliphatic rings. The number of hydrogen-bond acceptors (Lipinski definition) is 4. The molecule has 4 nitrogen and oxygen atoms in total. The average molecular weight is 341 g/mol. The van der Waals surface area contributed by atoms with Crippen molar-refractivity contribution in [2.24, 2.45) is 5.92 Å². The van der Waals surface area contributed by atoms with Crippen LogP contribution in [-0.4, -0.2) is 54.6 Å². The summed E-state index contributed by atoms with van der Waals surface area (Å²) in [6, 6.07) is 1.16. The molecule has 0 aromatic rings. The summed E-state index contributed by atoms with van der Waals surface area (Å²) in [5.74, 6) is 0.656. The van der Waals surface area contributed by atoms with Gasteiger partial charge in [-0.3, -0.25) is 5.32 Å². The van der Waals surface area contributed by atoms with Gasteiger partial charge in [-0.2, -0.15) is 0 Å². The van der Waals surface area contributed by atoms with Crippen molar-refractivity contribution >= 4 is 0 Å². The van der Waals surface area contributed by atoms with Crippen LogP contribution in [0.1, 0.15) is 32.6 Å². The van der Waals surface area contributed by atoms with Crippen molar-refractivity contribution in [2.45, 2.75) is 57.0 Å². The number of rotatable bonds is 3. The van der Waals surface area contributed by atoms with E-state index < -0.39 is 0 Å². The number of hydrogen-bond donors (Lipinski definition) is 1. The number of fused-ring (bicyclic) bond motifs is 1. The number of epoxide rings is 1. The van der Waals surface area contributed by atoms with Crippen LogP contribution in [-0.2, 0) is 4.74 Å². The smallest absolute Gasteiger partial charge is 0.140 e. The van der Waals surface area contributed by atoms with Crippen molar-refractivity contribution in [2.75, 3.05) is 20.1 Å². The maximum absolute atomic E-state index is 5.98. The lowest BCUT2D eigenvalue weighted by Crippen LogP contribution is -2.63. The molecule has 0 radical (unpaired) electrons. The van der Waals surface area contributed by atoms with Crippen LogP contribution in [0.4, 0.5) is 0 Å². The molecule has 3 heterocycles. The van der Waals surface area contributed by atoms with Crippen LogP contribution in [0.15, 0.2) is 48.1 Å². The third kappa shape index (κ3) is 3.82. The molecule has 0 amide bonds. The first kappa shape index (κ1) is 17.2. The van der Waals surface area contributed by atoms with E-state index in [9.17, 15) is 0 Å². The lowest BCUT2D eigenvalue weighted by atomic mass is 9.88. The van der Waals surface area contributed by atoms with E-state index in [0.717, 1.165) is 6.54 Å². The maximum atomic E-state index is 5.98. The van der Waals surface area contributed by atoms with Gasteiger partial charge in [0.2, 0.25) is 0 Å². The van der Waals surface area contributed by atoms with Gasteiger partial charge >= 0.3 is 0 Å². The largest absolute Gasteiger partial charge is 0.348 e. The topological polar surface area (TPSA) is 31.0 Å². The van der Waals surface area contributed by atoms with Gasteiger partial charge in [0.1, 0.15) is 12.3 Å². The van der Waals surface area contributed by atoms with Crippen molar-refractivity contribution < 1.29 is 4.74 Å². The second-order valence-electron chi connectivity index (χ2n) is 7.83. The molecule has 0 saturated carbocycles. The molecule has 4 heteroatoms. The fourth-order valence-corrected chi connectivity index (χ4v) is 4.58. The summed E-state index contributed by atoms with van der Waals surface area (Å²) in [5.41, 5.74) is 1.26. The van der Waals surface area contributed by atoms with Crippen molar-refractivity contribution in [3.05, 3.63) is 48.1 Å². The van der Waals surface area contributed by atoms with Crippen LogP contribution >= 0.6 is 0 Å².